The number of nitrogens with zero attached hydrogens (tertiary/aromatic N) is 1. The van der Waals surface area contributed by atoms with Crippen molar-refractivity contribution in [2.75, 3.05) is 5.32 Å². The van der Waals surface area contributed by atoms with Crippen molar-refractivity contribution in [1.82, 2.24) is 0 Å². The topological polar surface area (TPSA) is 67.5 Å². The zero-order chi connectivity index (χ0) is 15.9. The summed E-state index contributed by atoms with van der Waals surface area (Å²) in [7, 11) is 0. The molecule has 0 aliphatic carbocycles. The molecular weight excluding hydrogens is 298 g/mol. The van der Waals surface area contributed by atoms with Crippen molar-refractivity contribution in [3.8, 4) is 0 Å². The summed E-state index contributed by atoms with van der Waals surface area (Å²) in [5, 5.41) is 3.22. The van der Waals surface area contributed by atoms with E-state index < -0.39 is 6.17 Å². The van der Waals surface area contributed by atoms with Crippen LogP contribution in [0.5, 0.6) is 0 Å². The minimum absolute atomic E-state index is 0.367. The highest BCUT2D eigenvalue weighted by Gasteiger charge is 2.24. The van der Waals surface area contributed by atoms with Crippen molar-refractivity contribution in [2.24, 2.45) is 10.7 Å². The number of hydrogen-bond acceptors (Lipinski definition) is 3. The Labute approximate surface area is 134 Å². The van der Waals surface area contributed by atoms with Gasteiger partial charge < -0.3 is 11.1 Å². The van der Waals surface area contributed by atoms with E-state index in [0.29, 0.717) is 16.4 Å². The third-order valence-electron chi connectivity index (χ3n) is 3.83. The van der Waals surface area contributed by atoms with Crippen LogP contribution >= 0.6 is 11.6 Å². The molecule has 1 aliphatic heterocycles. The molecule has 0 fully saturated rings. The largest absolute Gasteiger partial charge is 0.321 e. The summed E-state index contributed by atoms with van der Waals surface area (Å²) in [6.07, 6.45) is -0.958. The highest BCUT2D eigenvalue weighted by Crippen LogP contribution is 2.30. The SMILES string of the molecule is Cc1ccc(C2=NC(N)C(=O)Nc3c(Cl)cccc32)cc1C. The van der Waals surface area contributed by atoms with E-state index in [2.05, 4.69) is 17.2 Å². The van der Waals surface area contributed by atoms with Gasteiger partial charge in [-0.1, -0.05) is 35.9 Å². The lowest BCUT2D eigenvalue weighted by atomic mass is 9.97. The predicted molar refractivity (Wildman–Crippen MR) is 89.6 cm³/mol. The number of nitrogens with one attached hydrogen (secondary N) is 1. The number of benzodiazepines with no additional fused rings is 1. The monoisotopic (exact) mass is 313 g/mol. The number of benzene rings is 2. The average Bonchev–Trinajstić information content (AvgIpc) is 2.61. The fraction of sp³-hybridized carbons (Fsp3) is 0.176. The second-order valence-electron chi connectivity index (χ2n) is 5.37. The van der Waals surface area contributed by atoms with Crippen LogP contribution in [0.4, 0.5) is 5.69 Å². The summed E-state index contributed by atoms with van der Waals surface area (Å²) in [6.45, 7) is 4.09. The maximum atomic E-state index is 12.0. The Morgan fingerprint density at radius 2 is 1.95 bits per heavy atom. The van der Waals surface area contributed by atoms with E-state index in [9.17, 15) is 4.79 Å². The highest BCUT2D eigenvalue weighted by molar-refractivity contribution is 6.35. The Morgan fingerprint density at radius 3 is 2.68 bits per heavy atom. The number of halogens is 1. The minimum Gasteiger partial charge on any atom is -0.321 e. The van der Waals surface area contributed by atoms with Gasteiger partial charge in [0.1, 0.15) is 0 Å². The Hall–Kier alpha value is -2.17. The number of fused-ring (bicyclic) bond motifs is 1. The molecule has 5 heteroatoms. The molecule has 0 bridgehead atoms. The Bertz CT molecular complexity index is 798. The van der Waals surface area contributed by atoms with E-state index in [1.54, 1.807) is 6.07 Å². The number of hydrogen-bond donors (Lipinski definition) is 2. The Balaban J connectivity index is 2.24. The molecule has 0 aromatic heterocycles. The van der Waals surface area contributed by atoms with Gasteiger partial charge in [-0.25, -0.2) is 0 Å². The van der Waals surface area contributed by atoms with Gasteiger partial charge in [-0.15, -0.1) is 0 Å². The molecule has 112 valence electrons. The zero-order valence-corrected chi connectivity index (χ0v) is 13.1. The van der Waals surface area contributed by atoms with E-state index >= 15 is 0 Å². The molecule has 0 saturated heterocycles. The van der Waals surface area contributed by atoms with E-state index in [1.807, 2.05) is 37.3 Å². The smallest absolute Gasteiger partial charge is 0.263 e. The molecule has 0 radical (unpaired) electrons. The molecule has 1 heterocycles. The fourth-order valence-electron chi connectivity index (χ4n) is 2.43. The second kappa shape index (κ2) is 5.55. The van der Waals surface area contributed by atoms with Crippen LogP contribution in [0.2, 0.25) is 5.02 Å². The van der Waals surface area contributed by atoms with Crippen LogP contribution in [-0.4, -0.2) is 17.8 Å². The van der Waals surface area contributed by atoms with E-state index in [0.717, 1.165) is 16.7 Å². The first-order valence-corrected chi connectivity index (χ1v) is 7.36. The fourth-order valence-corrected chi connectivity index (χ4v) is 2.65. The van der Waals surface area contributed by atoms with Crippen LogP contribution in [0, 0.1) is 13.8 Å². The molecule has 2 aromatic rings. The molecule has 22 heavy (non-hydrogen) atoms. The summed E-state index contributed by atoms with van der Waals surface area (Å²) in [6, 6.07) is 11.5. The van der Waals surface area contributed by atoms with Crippen LogP contribution < -0.4 is 11.1 Å². The van der Waals surface area contributed by atoms with Gasteiger partial charge in [-0.3, -0.25) is 9.79 Å². The zero-order valence-electron chi connectivity index (χ0n) is 12.4. The van der Waals surface area contributed by atoms with Crippen LogP contribution in [0.1, 0.15) is 22.3 Å². The van der Waals surface area contributed by atoms with E-state index in [1.165, 1.54) is 5.56 Å². The number of rotatable bonds is 1. The van der Waals surface area contributed by atoms with Crippen molar-refractivity contribution in [2.45, 2.75) is 20.0 Å². The quantitative estimate of drug-likeness (QED) is 0.849. The van der Waals surface area contributed by atoms with Gasteiger partial charge in [0.2, 0.25) is 0 Å². The number of para-hydroxylation sites is 1. The maximum absolute atomic E-state index is 12.0. The number of amides is 1. The molecule has 2 aromatic carbocycles. The average molecular weight is 314 g/mol. The predicted octanol–water partition coefficient (Wildman–Crippen LogP) is 3.03. The Morgan fingerprint density at radius 1 is 1.18 bits per heavy atom. The molecule has 1 aliphatic rings. The van der Waals surface area contributed by atoms with Crippen molar-refractivity contribution < 1.29 is 4.79 Å². The normalized spacial score (nSPS) is 17.4. The summed E-state index contributed by atoms with van der Waals surface area (Å²) < 4.78 is 0. The number of aliphatic imine (C=N–C) groups is 1. The molecule has 1 atom stereocenters. The van der Waals surface area contributed by atoms with Gasteiger partial charge in [-0.05, 0) is 37.1 Å². The number of carbonyl (C=O) groups is 1. The number of carbonyl (C=O) groups excluding carboxylic acids is 1. The summed E-state index contributed by atoms with van der Waals surface area (Å²) in [5.74, 6) is -0.367. The lowest BCUT2D eigenvalue weighted by molar-refractivity contribution is -0.117. The first-order valence-electron chi connectivity index (χ1n) is 6.98. The van der Waals surface area contributed by atoms with Gasteiger partial charge in [0, 0.05) is 11.1 Å². The Kier molecular flexibility index (Phi) is 3.72. The van der Waals surface area contributed by atoms with Gasteiger partial charge in [0.25, 0.3) is 5.91 Å². The standard InChI is InChI=1S/C17H16ClN3O/c1-9-6-7-11(8-10(9)2)14-12-4-3-5-13(18)15(12)21-17(22)16(19)20-14/h3-8,16H,19H2,1-2H3,(H,21,22). The highest BCUT2D eigenvalue weighted by atomic mass is 35.5. The lowest BCUT2D eigenvalue weighted by Crippen LogP contribution is -2.33. The van der Waals surface area contributed by atoms with E-state index in [4.69, 9.17) is 17.3 Å². The van der Waals surface area contributed by atoms with E-state index in [-0.39, 0.29) is 5.91 Å². The van der Waals surface area contributed by atoms with Crippen LogP contribution in [0.3, 0.4) is 0 Å². The van der Waals surface area contributed by atoms with Crippen LogP contribution in [-0.2, 0) is 4.79 Å². The molecule has 1 unspecified atom stereocenters. The number of aryl methyl sites for hydroxylation is 2. The molecular formula is C17H16ClN3O. The summed E-state index contributed by atoms with van der Waals surface area (Å²) >= 11 is 6.23. The number of anilines is 1. The summed E-state index contributed by atoms with van der Waals surface area (Å²) in [4.78, 5) is 16.4. The van der Waals surface area contributed by atoms with Gasteiger partial charge in [0.05, 0.1) is 16.4 Å². The first kappa shape index (κ1) is 14.8. The third-order valence-corrected chi connectivity index (χ3v) is 4.15. The molecule has 0 saturated carbocycles. The molecule has 1 amide bonds. The molecule has 3 N–H and O–H groups in total. The molecule has 4 nitrogen and oxygen atoms in total. The van der Waals surface area contributed by atoms with Crippen LogP contribution in [0.15, 0.2) is 41.4 Å². The van der Waals surface area contributed by atoms with Crippen LogP contribution in [0.25, 0.3) is 0 Å². The first-order chi connectivity index (χ1) is 10.5. The lowest BCUT2D eigenvalue weighted by Gasteiger charge is -2.12. The van der Waals surface area contributed by atoms with Crippen molar-refractivity contribution in [3.63, 3.8) is 0 Å². The van der Waals surface area contributed by atoms with Crippen molar-refractivity contribution in [1.29, 1.82) is 0 Å². The minimum atomic E-state index is -0.958. The maximum Gasteiger partial charge on any atom is 0.263 e. The molecule has 3 rings (SSSR count). The van der Waals surface area contributed by atoms with Gasteiger partial charge in [0.15, 0.2) is 6.17 Å². The second-order valence-corrected chi connectivity index (χ2v) is 5.78. The summed E-state index contributed by atoms with van der Waals surface area (Å²) in [5.41, 5.74) is 11.1. The third kappa shape index (κ3) is 2.51. The van der Waals surface area contributed by atoms with Crippen molar-refractivity contribution in [3.05, 3.63) is 63.7 Å². The van der Waals surface area contributed by atoms with Gasteiger partial charge in [-0.2, -0.15) is 0 Å². The van der Waals surface area contributed by atoms with Crippen molar-refractivity contribution >= 4 is 28.9 Å². The van der Waals surface area contributed by atoms with Gasteiger partial charge >= 0.3 is 0 Å². The number of nitrogens with two attached hydrogens (primary N) is 1. The molecule has 0 spiro atoms.